The SMILES string of the molecule is Cc1nn(-c2ccc(F)cc2)c(C)c1C(=O)NC1CCN(Cc2ccc(Cl)cc2)CC1. The number of amides is 1. The number of carbonyl (C=O) groups excluding carboxylic acids is 1. The highest BCUT2D eigenvalue weighted by atomic mass is 35.5. The molecule has 1 aliphatic heterocycles. The zero-order valence-corrected chi connectivity index (χ0v) is 18.5. The Balaban J connectivity index is 1.37. The first-order chi connectivity index (χ1) is 14.9. The van der Waals surface area contributed by atoms with Crippen LogP contribution in [0, 0.1) is 19.7 Å². The number of benzene rings is 2. The van der Waals surface area contributed by atoms with Gasteiger partial charge in [-0.15, -0.1) is 0 Å². The Morgan fingerprint density at radius 3 is 2.39 bits per heavy atom. The van der Waals surface area contributed by atoms with Crippen molar-refractivity contribution in [3.8, 4) is 5.69 Å². The Bertz CT molecular complexity index is 1050. The van der Waals surface area contributed by atoms with Crippen molar-refractivity contribution in [2.45, 2.75) is 39.3 Å². The fourth-order valence-electron chi connectivity index (χ4n) is 4.15. The van der Waals surface area contributed by atoms with Crippen LogP contribution in [0.1, 0.15) is 40.2 Å². The van der Waals surface area contributed by atoms with Crippen LogP contribution in [0.4, 0.5) is 4.39 Å². The first-order valence-electron chi connectivity index (χ1n) is 10.5. The third-order valence-electron chi connectivity index (χ3n) is 5.83. The summed E-state index contributed by atoms with van der Waals surface area (Å²) in [4.78, 5) is 15.4. The molecule has 162 valence electrons. The van der Waals surface area contributed by atoms with E-state index in [-0.39, 0.29) is 17.8 Å². The quantitative estimate of drug-likeness (QED) is 0.627. The van der Waals surface area contributed by atoms with E-state index in [1.807, 2.05) is 26.0 Å². The molecule has 1 amide bonds. The second-order valence-corrected chi connectivity index (χ2v) is 8.52. The summed E-state index contributed by atoms with van der Waals surface area (Å²) in [6.45, 7) is 6.45. The highest BCUT2D eigenvalue weighted by Gasteiger charge is 2.25. The summed E-state index contributed by atoms with van der Waals surface area (Å²) >= 11 is 5.96. The van der Waals surface area contributed by atoms with Crippen LogP contribution < -0.4 is 5.32 Å². The molecule has 1 saturated heterocycles. The minimum Gasteiger partial charge on any atom is -0.349 e. The summed E-state index contributed by atoms with van der Waals surface area (Å²) in [6.07, 6.45) is 1.81. The van der Waals surface area contributed by atoms with Gasteiger partial charge < -0.3 is 5.32 Å². The molecule has 7 heteroatoms. The van der Waals surface area contributed by atoms with Gasteiger partial charge in [-0.25, -0.2) is 9.07 Å². The maximum Gasteiger partial charge on any atom is 0.255 e. The van der Waals surface area contributed by atoms with E-state index in [0.717, 1.165) is 48.9 Å². The van der Waals surface area contributed by atoms with Crippen molar-refractivity contribution < 1.29 is 9.18 Å². The standard InChI is InChI=1S/C24H26ClFN4O/c1-16-23(17(2)30(28-16)22-9-7-20(26)8-10-22)24(31)27-21-11-13-29(14-12-21)15-18-3-5-19(25)6-4-18/h3-10,21H,11-15H2,1-2H3,(H,27,31). The lowest BCUT2D eigenvalue weighted by atomic mass is 10.0. The number of hydrogen-bond donors (Lipinski definition) is 1. The van der Waals surface area contributed by atoms with Gasteiger partial charge in [-0.05, 0) is 68.7 Å². The molecule has 2 aromatic carbocycles. The molecule has 31 heavy (non-hydrogen) atoms. The van der Waals surface area contributed by atoms with Crippen LogP contribution in [0.2, 0.25) is 5.02 Å². The van der Waals surface area contributed by atoms with E-state index >= 15 is 0 Å². The summed E-state index contributed by atoms with van der Waals surface area (Å²) in [5, 5.41) is 8.44. The van der Waals surface area contributed by atoms with Gasteiger partial charge in [0.1, 0.15) is 5.82 Å². The van der Waals surface area contributed by atoms with Crippen molar-refractivity contribution in [1.29, 1.82) is 0 Å². The van der Waals surface area contributed by atoms with Gasteiger partial charge >= 0.3 is 0 Å². The predicted octanol–water partition coefficient (Wildman–Crippen LogP) is 4.68. The molecule has 1 aromatic heterocycles. The molecular weight excluding hydrogens is 415 g/mol. The Labute approximate surface area is 186 Å². The summed E-state index contributed by atoms with van der Waals surface area (Å²) in [6, 6.07) is 14.2. The summed E-state index contributed by atoms with van der Waals surface area (Å²) in [7, 11) is 0. The number of aryl methyl sites for hydroxylation is 1. The van der Waals surface area contributed by atoms with Gasteiger partial charge in [0.05, 0.1) is 22.6 Å². The third-order valence-corrected chi connectivity index (χ3v) is 6.08. The number of nitrogens with zero attached hydrogens (tertiary/aromatic N) is 3. The average Bonchev–Trinajstić information content (AvgIpc) is 3.06. The van der Waals surface area contributed by atoms with Crippen molar-refractivity contribution >= 4 is 17.5 Å². The van der Waals surface area contributed by atoms with Gasteiger partial charge in [0.15, 0.2) is 0 Å². The van der Waals surface area contributed by atoms with Crippen molar-refractivity contribution in [1.82, 2.24) is 20.0 Å². The van der Waals surface area contributed by atoms with E-state index < -0.39 is 0 Å². The van der Waals surface area contributed by atoms with Gasteiger partial charge in [-0.3, -0.25) is 9.69 Å². The average molecular weight is 441 g/mol. The highest BCUT2D eigenvalue weighted by molar-refractivity contribution is 6.30. The van der Waals surface area contributed by atoms with Crippen LogP contribution in [0.3, 0.4) is 0 Å². The molecule has 4 rings (SSSR count). The molecule has 1 fully saturated rings. The van der Waals surface area contributed by atoms with Gasteiger partial charge in [0, 0.05) is 30.7 Å². The Kier molecular flexibility index (Phi) is 6.39. The van der Waals surface area contributed by atoms with E-state index in [4.69, 9.17) is 11.6 Å². The van der Waals surface area contributed by atoms with Crippen molar-refractivity contribution in [2.75, 3.05) is 13.1 Å². The van der Waals surface area contributed by atoms with Gasteiger partial charge in [0.25, 0.3) is 5.91 Å². The third kappa shape index (κ3) is 4.97. The molecule has 0 radical (unpaired) electrons. The highest BCUT2D eigenvalue weighted by Crippen LogP contribution is 2.20. The second kappa shape index (κ2) is 9.20. The lowest BCUT2D eigenvalue weighted by Gasteiger charge is -2.32. The molecule has 2 heterocycles. The molecule has 3 aromatic rings. The number of hydrogen-bond acceptors (Lipinski definition) is 3. The predicted molar refractivity (Wildman–Crippen MR) is 120 cm³/mol. The molecule has 0 aliphatic carbocycles. The maximum atomic E-state index is 13.2. The zero-order valence-electron chi connectivity index (χ0n) is 17.7. The van der Waals surface area contributed by atoms with Crippen LogP contribution in [0.5, 0.6) is 0 Å². The molecule has 0 saturated carbocycles. The lowest BCUT2D eigenvalue weighted by molar-refractivity contribution is 0.0907. The topological polar surface area (TPSA) is 50.2 Å². The Morgan fingerprint density at radius 2 is 1.74 bits per heavy atom. The molecule has 0 unspecified atom stereocenters. The van der Waals surface area contributed by atoms with Gasteiger partial charge in [0.2, 0.25) is 0 Å². The number of piperidine rings is 1. The molecule has 0 atom stereocenters. The Morgan fingerprint density at radius 1 is 1.10 bits per heavy atom. The first-order valence-corrected chi connectivity index (χ1v) is 10.9. The summed E-state index contributed by atoms with van der Waals surface area (Å²) in [5.41, 5.74) is 3.98. The van der Waals surface area contributed by atoms with Crippen LogP contribution in [-0.2, 0) is 6.54 Å². The number of halogens is 2. The van der Waals surface area contributed by atoms with E-state index in [9.17, 15) is 9.18 Å². The summed E-state index contributed by atoms with van der Waals surface area (Å²) in [5.74, 6) is -0.398. The molecule has 0 bridgehead atoms. The number of carbonyl (C=O) groups is 1. The number of rotatable bonds is 5. The smallest absolute Gasteiger partial charge is 0.255 e. The molecule has 1 aliphatic rings. The lowest BCUT2D eigenvalue weighted by Crippen LogP contribution is -2.44. The fraction of sp³-hybridized carbons (Fsp3) is 0.333. The number of aromatic nitrogens is 2. The van der Waals surface area contributed by atoms with E-state index in [1.165, 1.54) is 17.7 Å². The Hall–Kier alpha value is -2.70. The van der Waals surface area contributed by atoms with Crippen molar-refractivity contribution in [3.05, 3.63) is 81.9 Å². The fourth-order valence-corrected chi connectivity index (χ4v) is 4.27. The minimum absolute atomic E-state index is 0.0977. The molecule has 1 N–H and O–H groups in total. The normalized spacial score (nSPS) is 15.2. The van der Waals surface area contributed by atoms with Crippen molar-refractivity contribution in [3.63, 3.8) is 0 Å². The first kappa shape index (κ1) is 21.5. The van der Waals surface area contributed by atoms with E-state index in [1.54, 1.807) is 16.8 Å². The molecule has 0 spiro atoms. The minimum atomic E-state index is -0.300. The van der Waals surface area contributed by atoms with E-state index in [2.05, 4.69) is 27.4 Å². The van der Waals surface area contributed by atoms with Crippen LogP contribution in [0.25, 0.3) is 5.69 Å². The number of nitrogens with one attached hydrogen (secondary N) is 1. The largest absolute Gasteiger partial charge is 0.349 e. The number of likely N-dealkylation sites (tertiary alicyclic amines) is 1. The van der Waals surface area contributed by atoms with Crippen LogP contribution in [-0.4, -0.2) is 39.7 Å². The second-order valence-electron chi connectivity index (χ2n) is 8.08. The maximum absolute atomic E-state index is 13.2. The van der Waals surface area contributed by atoms with Crippen LogP contribution in [0.15, 0.2) is 48.5 Å². The van der Waals surface area contributed by atoms with Crippen LogP contribution >= 0.6 is 11.6 Å². The van der Waals surface area contributed by atoms with Crippen molar-refractivity contribution in [2.24, 2.45) is 0 Å². The monoisotopic (exact) mass is 440 g/mol. The van der Waals surface area contributed by atoms with Gasteiger partial charge in [-0.1, -0.05) is 23.7 Å². The zero-order chi connectivity index (χ0) is 22.0. The molecular formula is C24H26ClFN4O. The van der Waals surface area contributed by atoms with E-state index in [0.29, 0.717) is 11.3 Å². The van der Waals surface area contributed by atoms with Gasteiger partial charge in [-0.2, -0.15) is 5.10 Å². The summed E-state index contributed by atoms with van der Waals surface area (Å²) < 4.78 is 14.9. The molecule has 5 nitrogen and oxygen atoms in total.